The van der Waals surface area contributed by atoms with E-state index in [9.17, 15) is 19.2 Å². The van der Waals surface area contributed by atoms with Crippen LogP contribution in [0.4, 0.5) is 16.2 Å². The average Bonchev–Trinajstić information content (AvgIpc) is 3.04. The molecule has 5 rings (SSSR count). The van der Waals surface area contributed by atoms with Crippen molar-refractivity contribution in [3.8, 4) is 11.1 Å². The molecule has 2 fully saturated rings. The lowest BCUT2D eigenvalue weighted by Crippen LogP contribution is -2.49. The van der Waals surface area contributed by atoms with E-state index in [2.05, 4.69) is 20.9 Å². The van der Waals surface area contributed by atoms with Gasteiger partial charge in [-0.3, -0.25) is 24.6 Å². The number of rotatable bonds is 10. The normalized spacial score (nSPS) is 16.0. The van der Waals surface area contributed by atoms with Gasteiger partial charge >= 0.3 is 6.09 Å². The molecule has 0 atom stereocenters. The minimum Gasteiger partial charge on any atom is -0.446 e. The number of benzene rings is 3. The van der Waals surface area contributed by atoms with Crippen LogP contribution in [0, 0.1) is 0 Å². The van der Waals surface area contributed by atoms with Crippen LogP contribution in [0.1, 0.15) is 23.2 Å². The smallest absolute Gasteiger partial charge is 0.411 e. The van der Waals surface area contributed by atoms with Gasteiger partial charge in [-0.25, -0.2) is 4.79 Å². The number of piperazine rings is 1. The van der Waals surface area contributed by atoms with Crippen LogP contribution in [0.25, 0.3) is 11.1 Å². The summed E-state index contributed by atoms with van der Waals surface area (Å²) in [6, 6.07) is 24.5. The van der Waals surface area contributed by atoms with Crippen LogP contribution < -0.4 is 16.0 Å². The first-order valence-electron chi connectivity index (χ1n) is 15.3. The van der Waals surface area contributed by atoms with Gasteiger partial charge in [0.05, 0.1) is 18.8 Å². The van der Waals surface area contributed by atoms with E-state index in [-0.39, 0.29) is 36.9 Å². The van der Waals surface area contributed by atoms with Crippen molar-refractivity contribution < 1.29 is 23.9 Å². The highest BCUT2D eigenvalue weighted by Crippen LogP contribution is 2.28. The third kappa shape index (κ3) is 9.13. The molecule has 0 unspecified atom stereocenters. The van der Waals surface area contributed by atoms with Crippen LogP contribution in [-0.2, 0) is 14.3 Å². The molecule has 2 aliphatic rings. The van der Waals surface area contributed by atoms with Crippen LogP contribution in [-0.4, -0.2) is 104 Å². The first-order valence-corrected chi connectivity index (χ1v) is 15.3. The number of nitrogens with one attached hydrogen (secondary N) is 3. The summed E-state index contributed by atoms with van der Waals surface area (Å²) in [5, 5.41) is 8.48. The quantitative estimate of drug-likeness (QED) is 0.320. The fourth-order valence-corrected chi connectivity index (χ4v) is 5.58. The van der Waals surface area contributed by atoms with Gasteiger partial charge in [0.25, 0.3) is 5.91 Å². The fraction of sp³-hybridized carbons (Fsp3) is 0.353. The van der Waals surface area contributed by atoms with E-state index in [1.165, 1.54) is 0 Å². The zero-order valence-corrected chi connectivity index (χ0v) is 25.5. The maximum Gasteiger partial charge on any atom is 0.411 e. The van der Waals surface area contributed by atoms with Crippen molar-refractivity contribution in [2.45, 2.75) is 18.9 Å². The predicted octanol–water partition coefficient (Wildman–Crippen LogP) is 3.51. The number of anilines is 2. The lowest BCUT2D eigenvalue weighted by Gasteiger charge is -2.32. The molecule has 4 amide bonds. The van der Waals surface area contributed by atoms with E-state index < -0.39 is 6.09 Å². The molecule has 0 radical (unpaired) electrons. The molecule has 0 saturated carbocycles. The summed E-state index contributed by atoms with van der Waals surface area (Å²) in [7, 11) is 1.77. The summed E-state index contributed by atoms with van der Waals surface area (Å²) in [5.74, 6) is -0.458. The maximum absolute atomic E-state index is 13.1. The standard InChI is InChI=1S/C34H40N6O5/c1-38(33(43)26-10-7-11-27(22-26)36-32(42)24-40-19-16-35-31(41)23-40)20-21-39-17-14-28(15-18-39)45-34(44)37-30-13-6-5-12-29(30)25-8-3-2-4-9-25/h2-13,22,28H,14-21,23-24H2,1H3,(H,35,41)(H,36,42)(H,37,44). The molecule has 0 bridgehead atoms. The van der Waals surface area contributed by atoms with Crippen molar-refractivity contribution in [3.63, 3.8) is 0 Å². The average molecular weight is 613 g/mol. The van der Waals surface area contributed by atoms with Crippen molar-refractivity contribution in [3.05, 3.63) is 84.4 Å². The van der Waals surface area contributed by atoms with Gasteiger partial charge in [-0.15, -0.1) is 0 Å². The molecule has 11 nitrogen and oxygen atoms in total. The van der Waals surface area contributed by atoms with Gasteiger partial charge in [-0.2, -0.15) is 0 Å². The van der Waals surface area contributed by atoms with Crippen LogP contribution in [0.2, 0.25) is 0 Å². The van der Waals surface area contributed by atoms with Gasteiger partial charge in [0.15, 0.2) is 0 Å². The van der Waals surface area contributed by atoms with Gasteiger partial charge in [0, 0.05) is 63.1 Å². The number of hydrogen-bond acceptors (Lipinski definition) is 7. The molecule has 11 heteroatoms. The summed E-state index contributed by atoms with van der Waals surface area (Å²) in [5.41, 5.74) is 3.69. The van der Waals surface area contributed by atoms with Crippen molar-refractivity contribution >= 4 is 35.2 Å². The Balaban J connectivity index is 1.03. The number of likely N-dealkylation sites (N-methyl/N-ethyl adjacent to an activating group) is 1. The van der Waals surface area contributed by atoms with Crippen molar-refractivity contribution in [1.29, 1.82) is 0 Å². The highest BCUT2D eigenvalue weighted by molar-refractivity contribution is 5.97. The molecule has 2 aliphatic heterocycles. The van der Waals surface area contributed by atoms with E-state index in [0.717, 1.165) is 37.1 Å². The third-order valence-electron chi connectivity index (χ3n) is 8.03. The topological polar surface area (TPSA) is 123 Å². The molecule has 3 aromatic carbocycles. The second kappa shape index (κ2) is 15.3. The molecule has 3 N–H and O–H groups in total. The Bertz CT molecular complexity index is 1490. The third-order valence-corrected chi connectivity index (χ3v) is 8.03. The molecule has 2 heterocycles. The first-order chi connectivity index (χ1) is 21.8. The second-order valence-corrected chi connectivity index (χ2v) is 11.4. The van der Waals surface area contributed by atoms with Crippen LogP contribution in [0.5, 0.6) is 0 Å². The number of ether oxygens (including phenoxy) is 1. The Morgan fingerprint density at radius 3 is 2.44 bits per heavy atom. The van der Waals surface area contributed by atoms with Crippen molar-refractivity contribution in [2.75, 3.05) is 70.0 Å². The number of likely N-dealkylation sites (tertiary alicyclic amines) is 1. The van der Waals surface area contributed by atoms with E-state index in [0.29, 0.717) is 43.1 Å². The molecule has 0 aromatic heterocycles. The SMILES string of the molecule is CN(CCN1CCC(OC(=O)Nc2ccccc2-c2ccccc2)CC1)C(=O)c1cccc(NC(=O)CN2CCNC(=O)C2)c1. The monoisotopic (exact) mass is 612 g/mol. The van der Waals surface area contributed by atoms with Gasteiger partial charge in [-0.1, -0.05) is 54.6 Å². The Kier molecular flexibility index (Phi) is 10.8. The summed E-state index contributed by atoms with van der Waals surface area (Å²) in [6.07, 6.45) is 0.804. The summed E-state index contributed by atoms with van der Waals surface area (Å²) in [6.45, 7) is 4.21. The first kappa shape index (κ1) is 31.7. The Hall–Kier alpha value is -4.74. The highest BCUT2D eigenvalue weighted by atomic mass is 16.6. The number of amides is 4. The van der Waals surface area contributed by atoms with Crippen LogP contribution in [0.15, 0.2) is 78.9 Å². The molecular weight excluding hydrogens is 572 g/mol. The minimum absolute atomic E-state index is 0.0913. The molecule has 3 aromatic rings. The van der Waals surface area contributed by atoms with E-state index in [4.69, 9.17) is 4.74 Å². The van der Waals surface area contributed by atoms with E-state index >= 15 is 0 Å². The molecule has 0 spiro atoms. The number of hydrogen-bond donors (Lipinski definition) is 3. The Morgan fingerprint density at radius 1 is 0.911 bits per heavy atom. The molecule has 0 aliphatic carbocycles. The molecular formula is C34H40N6O5. The molecule has 45 heavy (non-hydrogen) atoms. The molecule has 2 saturated heterocycles. The van der Waals surface area contributed by atoms with Crippen molar-refractivity contribution in [2.24, 2.45) is 0 Å². The lowest BCUT2D eigenvalue weighted by atomic mass is 10.0. The van der Waals surface area contributed by atoms with Crippen molar-refractivity contribution in [1.82, 2.24) is 20.0 Å². The number of carbonyl (C=O) groups is 4. The Labute approximate surface area is 263 Å². The van der Waals surface area contributed by atoms with E-state index in [1.807, 2.05) is 54.6 Å². The highest BCUT2D eigenvalue weighted by Gasteiger charge is 2.24. The Morgan fingerprint density at radius 2 is 1.67 bits per heavy atom. The maximum atomic E-state index is 13.1. The minimum atomic E-state index is -0.459. The van der Waals surface area contributed by atoms with Gasteiger partial charge in [0.1, 0.15) is 6.10 Å². The van der Waals surface area contributed by atoms with Gasteiger partial charge in [-0.05, 0) is 42.7 Å². The second-order valence-electron chi connectivity index (χ2n) is 11.4. The zero-order valence-electron chi connectivity index (χ0n) is 25.5. The van der Waals surface area contributed by atoms with Crippen LogP contribution in [0.3, 0.4) is 0 Å². The van der Waals surface area contributed by atoms with E-state index in [1.54, 1.807) is 41.1 Å². The summed E-state index contributed by atoms with van der Waals surface area (Å²) >= 11 is 0. The number of piperidine rings is 1. The number of para-hydroxylation sites is 1. The molecule has 236 valence electrons. The van der Waals surface area contributed by atoms with Gasteiger partial charge < -0.3 is 25.2 Å². The lowest BCUT2D eigenvalue weighted by molar-refractivity contribution is -0.125. The van der Waals surface area contributed by atoms with Gasteiger partial charge in [0.2, 0.25) is 11.8 Å². The van der Waals surface area contributed by atoms with Crippen LogP contribution >= 0.6 is 0 Å². The number of carbonyl (C=O) groups excluding carboxylic acids is 4. The predicted molar refractivity (Wildman–Crippen MR) is 173 cm³/mol. The number of nitrogens with zero attached hydrogens (tertiary/aromatic N) is 3. The zero-order chi connectivity index (χ0) is 31.6. The summed E-state index contributed by atoms with van der Waals surface area (Å²) < 4.78 is 5.75. The largest absolute Gasteiger partial charge is 0.446 e. The summed E-state index contributed by atoms with van der Waals surface area (Å²) in [4.78, 5) is 55.6. The fourth-order valence-electron chi connectivity index (χ4n) is 5.58.